The molecule has 18 heavy (non-hydrogen) atoms. The highest BCUT2D eigenvalue weighted by Crippen LogP contribution is 2.27. The van der Waals surface area contributed by atoms with Gasteiger partial charge in [0.1, 0.15) is 5.82 Å². The number of aromatic nitrogens is 1. The molecule has 1 aliphatic heterocycles. The van der Waals surface area contributed by atoms with Crippen LogP contribution in [0, 0.1) is 5.92 Å². The number of hydrogen-bond acceptors (Lipinski definition) is 4. The van der Waals surface area contributed by atoms with Gasteiger partial charge in [0.05, 0.1) is 6.61 Å². The quantitative estimate of drug-likeness (QED) is 0.886. The van der Waals surface area contributed by atoms with Crippen LogP contribution in [0.1, 0.15) is 31.4 Å². The van der Waals surface area contributed by atoms with Crippen molar-refractivity contribution in [1.82, 2.24) is 4.98 Å². The second kappa shape index (κ2) is 6.16. The van der Waals surface area contributed by atoms with Crippen LogP contribution in [-0.4, -0.2) is 31.8 Å². The monoisotopic (exact) mass is 249 g/mol. The standard InChI is InChI=1S/C14H23N3O/c1-11(15)13-6-3-7-16-14(13)17-8-4-5-12(9-17)10-18-2/h3,6-7,11-12H,4-5,8-10,15H2,1-2H3/t11-,12?/m0/s1. The molecule has 0 radical (unpaired) electrons. The number of nitrogens with two attached hydrogens (primary N) is 1. The topological polar surface area (TPSA) is 51.4 Å². The van der Waals surface area contributed by atoms with Crippen molar-refractivity contribution in [3.63, 3.8) is 0 Å². The number of hydrogen-bond donors (Lipinski definition) is 1. The van der Waals surface area contributed by atoms with Crippen LogP contribution >= 0.6 is 0 Å². The zero-order valence-corrected chi connectivity index (χ0v) is 11.3. The van der Waals surface area contributed by atoms with Crippen LogP contribution in [0.25, 0.3) is 0 Å². The lowest BCUT2D eigenvalue weighted by Gasteiger charge is -2.34. The van der Waals surface area contributed by atoms with E-state index in [0.29, 0.717) is 5.92 Å². The molecule has 1 aromatic rings. The van der Waals surface area contributed by atoms with Gasteiger partial charge in [0.25, 0.3) is 0 Å². The number of piperidine rings is 1. The maximum absolute atomic E-state index is 6.02. The van der Waals surface area contributed by atoms with Gasteiger partial charge in [-0.05, 0) is 31.7 Å². The zero-order valence-electron chi connectivity index (χ0n) is 11.3. The fourth-order valence-electron chi connectivity index (χ4n) is 2.66. The van der Waals surface area contributed by atoms with Crippen molar-refractivity contribution in [2.24, 2.45) is 11.7 Å². The van der Waals surface area contributed by atoms with Crippen LogP contribution in [0.2, 0.25) is 0 Å². The number of anilines is 1. The summed E-state index contributed by atoms with van der Waals surface area (Å²) in [7, 11) is 1.77. The molecule has 1 saturated heterocycles. The summed E-state index contributed by atoms with van der Waals surface area (Å²) in [6.07, 6.45) is 4.29. The molecule has 4 nitrogen and oxygen atoms in total. The molecule has 0 bridgehead atoms. The van der Waals surface area contributed by atoms with Gasteiger partial charge in [0.15, 0.2) is 0 Å². The molecule has 100 valence electrons. The molecule has 0 amide bonds. The molecule has 1 aliphatic rings. The van der Waals surface area contributed by atoms with Crippen molar-refractivity contribution in [1.29, 1.82) is 0 Å². The first kappa shape index (κ1) is 13.3. The molecule has 2 atom stereocenters. The van der Waals surface area contributed by atoms with Gasteiger partial charge < -0.3 is 15.4 Å². The summed E-state index contributed by atoms with van der Waals surface area (Å²) in [6.45, 7) is 4.93. The Morgan fingerprint density at radius 1 is 1.61 bits per heavy atom. The maximum atomic E-state index is 6.02. The van der Waals surface area contributed by atoms with E-state index >= 15 is 0 Å². The van der Waals surface area contributed by atoms with Gasteiger partial charge in [-0.15, -0.1) is 0 Å². The summed E-state index contributed by atoms with van der Waals surface area (Å²) in [6, 6.07) is 4.06. The molecular weight excluding hydrogens is 226 g/mol. The third kappa shape index (κ3) is 3.00. The summed E-state index contributed by atoms with van der Waals surface area (Å²) in [4.78, 5) is 6.88. The molecule has 1 unspecified atom stereocenters. The van der Waals surface area contributed by atoms with Crippen LogP contribution in [0.5, 0.6) is 0 Å². The van der Waals surface area contributed by atoms with Crippen molar-refractivity contribution in [3.8, 4) is 0 Å². The molecular formula is C14H23N3O. The lowest BCUT2D eigenvalue weighted by molar-refractivity contribution is 0.143. The third-order valence-corrected chi connectivity index (χ3v) is 3.53. The SMILES string of the molecule is COCC1CCCN(c2ncccc2[C@H](C)N)C1. The van der Waals surface area contributed by atoms with Gasteiger partial charge in [0.2, 0.25) is 0 Å². The van der Waals surface area contributed by atoms with E-state index in [1.54, 1.807) is 7.11 Å². The number of nitrogens with zero attached hydrogens (tertiary/aromatic N) is 2. The fraction of sp³-hybridized carbons (Fsp3) is 0.643. The molecule has 1 aromatic heterocycles. The van der Waals surface area contributed by atoms with Crippen molar-refractivity contribution in [2.75, 3.05) is 31.7 Å². The Hall–Kier alpha value is -1.13. The van der Waals surface area contributed by atoms with Gasteiger partial charge in [-0.2, -0.15) is 0 Å². The molecule has 0 saturated carbocycles. The van der Waals surface area contributed by atoms with E-state index in [0.717, 1.165) is 31.1 Å². The Kier molecular flexibility index (Phi) is 4.55. The van der Waals surface area contributed by atoms with Crippen molar-refractivity contribution >= 4 is 5.82 Å². The Labute approximate surface area is 109 Å². The highest BCUT2D eigenvalue weighted by atomic mass is 16.5. The number of pyridine rings is 1. The Morgan fingerprint density at radius 2 is 2.44 bits per heavy atom. The molecule has 0 aromatic carbocycles. The number of rotatable bonds is 4. The first-order valence-corrected chi connectivity index (χ1v) is 6.66. The van der Waals surface area contributed by atoms with E-state index in [9.17, 15) is 0 Å². The van der Waals surface area contributed by atoms with Crippen molar-refractivity contribution in [2.45, 2.75) is 25.8 Å². The second-order valence-corrected chi connectivity index (χ2v) is 5.11. The smallest absolute Gasteiger partial charge is 0.133 e. The molecule has 1 fully saturated rings. The van der Waals surface area contributed by atoms with Crippen molar-refractivity contribution in [3.05, 3.63) is 23.9 Å². The number of ether oxygens (including phenoxy) is 1. The summed E-state index contributed by atoms with van der Waals surface area (Å²) < 4.78 is 5.27. The minimum Gasteiger partial charge on any atom is -0.384 e. The van der Waals surface area contributed by atoms with Crippen LogP contribution in [0.4, 0.5) is 5.82 Å². The second-order valence-electron chi connectivity index (χ2n) is 5.11. The van der Waals surface area contributed by atoms with E-state index in [2.05, 4.69) is 16.0 Å². The minimum absolute atomic E-state index is 0.0245. The van der Waals surface area contributed by atoms with Crippen LogP contribution in [0.3, 0.4) is 0 Å². The molecule has 2 heterocycles. The van der Waals surface area contributed by atoms with Crippen molar-refractivity contribution < 1.29 is 4.74 Å². The van der Waals surface area contributed by atoms with Gasteiger partial charge in [-0.25, -0.2) is 4.98 Å². The predicted octanol–water partition coefficient (Wildman–Crippen LogP) is 1.96. The van der Waals surface area contributed by atoms with Gasteiger partial charge >= 0.3 is 0 Å². The van der Waals surface area contributed by atoms with Crippen LogP contribution in [-0.2, 0) is 4.74 Å². The first-order valence-electron chi connectivity index (χ1n) is 6.66. The normalized spacial score (nSPS) is 21.9. The summed E-state index contributed by atoms with van der Waals surface area (Å²) in [5, 5.41) is 0. The highest BCUT2D eigenvalue weighted by Gasteiger charge is 2.23. The summed E-state index contributed by atoms with van der Waals surface area (Å²) in [5.74, 6) is 1.65. The fourth-order valence-corrected chi connectivity index (χ4v) is 2.66. The zero-order chi connectivity index (χ0) is 13.0. The van der Waals surface area contributed by atoms with E-state index in [-0.39, 0.29) is 6.04 Å². The van der Waals surface area contributed by atoms with E-state index in [1.807, 2.05) is 19.2 Å². The van der Waals surface area contributed by atoms with Crippen LogP contribution < -0.4 is 10.6 Å². The largest absolute Gasteiger partial charge is 0.384 e. The maximum Gasteiger partial charge on any atom is 0.133 e. The van der Waals surface area contributed by atoms with E-state index in [4.69, 9.17) is 10.5 Å². The third-order valence-electron chi connectivity index (χ3n) is 3.53. The van der Waals surface area contributed by atoms with Gasteiger partial charge in [-0.1, -0.05) is 6.07 Å². The first-order chi connectivity index (χ1) is 8.72. The minimum atomic E-state index is 0.0245. The lowest BCUT2D eigenvalue weighted by Crippen LogP contribution is -2.38. The highest BCUT2D eigenvalue weighted by molar-refractivity contribution is 5.48. The van der Waals surface area contributed by atoms with Gasteiger partial charge in [0, 0.05) is 38.0 Å². The molecule has 4 heteroatoms. The van der Waals surface area contributed by atoms with E-state index < -0.39 is 0 Å². The molecule has 0 spiro atoms. The lowest BCUT2D eigenvalue weighted by atomic mass is 9.98. The average Bonchev–Trinajstić information content (AvgIpc) is 2.39. The Balaban J connectivity index is 2.15. The predicted molar refractivity (Wildman–Crippen MR) is 73.7 cm³/mol. The molecule has 2 rings (SSSR count). The number of methoxy groups -OCH3 is 1. The van der Waals surface area contributed by atoms with E-state index in [1.165, 1.54) is 12.8 Å². The molecule has 2 N–H and O–H groups in total. The summed E-state index contributed by atoms with van der Waals surface area (Å²) in [5.41, 5.74) is 7.16. The van der Waals surface area contributed by atoms with Gasteiger partial charge in [-0.3, -0.25) is 0 Å². The Morgan fingerprint density at radius 3 is 3.17 bits per heavy atom. The van der Waals surface area contributed by atoms with Crippen LogP contribution in [0.15, 0.2) is 18.3 Å². The summed E-state index contributed by atoms with van der Waals surface area (Å²) >= 11 is 0. The Bertz CT molecular complexity index is 379. The molecule has 0 aliphatic carbocycles. The average molecular weight is 249 g/mol.